The number of piperidine rings is 1. The van der Waals surface area contributed by atoms with E-state index in [1.807, 2.05) is 24.4 Å². The fourth-order valence-electron chi connectivity index (χ4n) is 2.81. The number of likely N-dealkylation sites (tertiary alicyclic amines) is 1. The summed E-state index contributed by atoms with van der Waals surface area (Å²) >= 11 is 0. The number of aliphatic hydroxyl groups is 1. The zero-order chi connectivity index (χ0) is 17.2. The third kappa shape index (κ3) is 3.30. The number of carbonyl (C=O) groups excluding carboxylic acids is 1. The average molecular weight is 329 g/mol. The average Bonchev–Trinajstić information content (AvgIpc) is 3.08. The number of aliphatic carboxylic acids is 1. The Hall–Kier alpha value is -2.67. The van der Waals surface area contributed by atoms with Gasteiger partial charge in [0.2, 0.25) is 0 Å². The summed E-state index contributed by atoms with van der Waals surface area (Å²) in [4.78, 5) is 25.1. The van der Waals surface area contributed by atoms with Crippen molar-refractivity contribution in [1.82, 2.24) is 14.7 Å². The molecule has 0 radical (unpaired) electrons. The molecule has 1 fully saturated rings. The van der Waals surface area contributed by atoms with Gasteiger partial charge in [-0.05, 0) is 23.8 Å². The molecule has 1 amide bonds. The molecule has 1 aromatic heterocycles. The highest BCUT2D eigenvalue weighted by Gasteiger charge is 2.40. The van der Waals surface area contributed by atoms with Crippen LogP contribution >= 0.6 is 0 Å². The molecule has 1 aliphatic heterocycles. The number of hydrogen-bond acceptors (Lipinski definition) is 4. The third-order valence-corrected chi connectivity index (χ3v) is 4.38. The predicted molar refractivity (Wildman–Crippen MR) is 85.5 cm³/mol. The quantitative estimate of drug-likeness (QED) is 0.872. The van der Waals surface area contributed by atoms with Crippen molar-refractivity contribution in [2.45, 2.75) is 25.0 Å². The second kappa shape index (κ2) is 6.45. The molecule has 1 aromatic carbocycles. The number of carboxylic acid groups (broad SMARTS) is 1. The van der Waals surface area contributed by atoms with E-state index in [9.17, 15) is 14.7 Å². The van der Waals surface area contributed by atoms with Crippen LogP contribution in [0.2, 0.25) is 0 Å². The Labute approximate surface area is 139 Å². The van der Waals surface area contributed by atoms with Gasteiger partial charge < -0.3 is 15.1 Å². The lowest BCUT2D eigenvalue weighted by Gasteiger charge is -2.35. The molecule has 126 valence electrons. The first-order valence-electron chi connectivity index (χ1n) is 7.79. The van der Waals surface area contributed by atoms with Gasteiger partial charge in [0.1, 0.15) is 0 Å². The molecule has 2 N–H and O–H groups in total. The molecule has 0 bridgehead atoms. The van der Waals surface area contributed by atoms with Crippen molar-refractivity contribution < 1.29 is 19.8 Å². The summed E-state index contributed by atoms with van der Waals surface area (Å²) < 4.78 is 1.80. The first-order chi connectivity index (χ1) is 11.5. The molecule has 2 aromatic rings. The fraction of sp³-hybridized carbons (Fsp3) is 0.353. The SMILES string of the molecule is O=C(c1ccc(Cn2cccn2)cc1)N1CCC(O)(C(=O)O)CC1. The van der Waals surface area contributed by atoms with E-state index in [0.29, 0.717) is 12.1 Å². The first-order valence-corrected chi connectivity index (χ1v) is 7.79. The minimum Gasteiger partial charge on any atom is -0.479 e. The molecule has 3 rings (SSSR count). The van der Waals surface area contributed by atoms with Gasteiger partial charge in [-0.15, -0.1) is 0 Å². The van der Waals surface area contributed by atoms with Gasteiger partial charge in [-0.3, -0.25) is 9.48 Å². The van der Waals surface area contributed by atoms with Crippen molar-refractivity contribution in [2.24, 2.45) is 0 Å². The monoisotopic (exact) mass is 329 g/mol. The van der Waals surface area contributed by atoms with Crippen molar-refractivity contribution >= 4 is 11.9 Å². The molecule has 1 saturated heterocycles. The molecule has 0 unspecified atom stereocenters. The first kappa shape index (κ1) is 16.2. The van der Waals surface area contributed by atoms with E-state index in [1.165, 1.54) is 0 Å². The van der Waals surface area contributed by atoms with Crippen LogP contribution in [0.3, 0.4) is 0 Å². The van der Waals surface area contributed by atoms with Gasteiger partial charge in [-0.1, -0.05) is 12.1 Å². The summed E-state index contributed by atoms with van der Waals surface area (Å²) in [5.74, 6) is -1.37. The Morgan fingerprint density at radius 3 is 2.38 bits per heavy atom. The van der Waals surface area contributed by atoms with E-state index < -0.39 is 11.6 Å². The van der Waals surface area contributed by atoms with Crippen LogP contribution in [0.25, 0.3) is 0 Å². The topological polar surface area (TPSA) is 95.7 Å². The summed E-state index contributed by atoms with van der Waals surface area (Å²) in [6, 6.07) is 9.14. The Bertz CT molecular complexity index is 717. The Morgan fingerprint density at radius 2 is 1.83 bits per heavy atom. The number of benzene rings is 1. The van der Waals surface area contributed by atoms with Crippen LogP contribution in [0.15, 0.2) is 42.7 Å². The summed E-state index contributed by atoms with van der Waals surface area (Å²) in [6.07, 6.45) is 3.68. The number of rotatable bonds is 4. The van der Waals surface area contributed by atoms with Crippen molar-refractivity contribution in [3.63, 3.8) is 0 Å². The Balaban J connectivity index is 1.62. The minimum absolute atomic E-state index is 0.0471. The van der Waals surface area contributed by atoms with Crippen LogP contribution in [0.4, 0.5) is 0 Å². The van der Waals surface area contributed by atoms with Crippen LogP contribution in [0.5, 0.6) is 0 Å². The third-order valence-electron chi connectivity index (χ3n) is 4.38. The lowest BCUT2D eigenvalue weighted by Crippen LogP contribution is -2.50. The maximum atomic E-state index is 12.5. The summed E-state index contributed by atoms with van der Waals surface area (Å²) in [6.45, 7) is 1.10. The zero-order valence-electron chi connectivity index (χ0n) is 13.1. The molecule has 0 saturated carbocycles. The number of hydrogen-bond donors (Lipinski definition) is 2. The lowest BCUT2D eigenvalue weighted by molar-refractivity contribution is -0.162. The van der Waals surface area contributed by atoms with Gasteiger partial charge in [0.05, 0.1) is 6.54 Å². The van der Waals surface area contributed by atoms with Crippen molar-refractivity contribution in [1.29, 1.82) is 0 Å². The van der Waals surface area contributed by atoms with E-state index in [2.05, 4.69) is 5.10 Å². The highest BCUT2D eigenvalue weighted by molar-refractivity contribution is 5.94. The largest absolute Gasteiger partial charge is 0.479 e. The van der Waals surface area contributed by atoms with Crippen molar-refractivity contribution in [3.8, 4) is 0 Å². The Kier molecular flexibility index (Phi) is 4.35. The van der Waals surface area contributed by atoms with Crippen molar-refractivity contribution in [3.05, 3.63) is 53.9 Å². The van der Waals surface area contributed by atoms with Crippen LogP contribution < -0.4 is 0 Å². The van der Waals surface area contributed by atoms with E-state index in [-0.39, 0.29) is 31.8 Å². The van der Waals surface area contributed by atoms with E-state index in [0.717, 1.165) is 5.56 Å². The zero-order valence-corrected chi connectivity index (χ0v) is 13.1. The molecular weight excluding hydrogens is 310 g/mol. The number of amides is 1. The second-order valence-corrected chi connectivity index (χ2v) is 6.03. The molecule has 7 nitrogen and oxygen atoms in total. The molecule has 0 spiro atoms. The van der Waals surface area contributed by atoms with Crippen molar-refractivity contribution in [2.75, 3.05) is 13.1 Å². The normalized spacial score (nSPS) is 16.8. The van der Waals surface area contributed by atoms with Gasteiger partial charge >= 0.3 is 5.97 Å². The smallest absolute Gasteiger partial charge is 0.335 e. The number of nitrogens with zero attached hydrogens (tertiary/aromatic N) is 3. The molecule has 0 atom stereocenters. The van der Waals surface area contributed by atoms with Gasteiger partial charge in [0.15, 0.2) is 5.60 Å². The number of aromatic nitrogens is 2. The molecule has 24 heavy (non-hydrogen) atoms. The number of carboxylic acids is 1. The molecule has 2 heterocycles. The summed E-state index contributed by atoms with van der Waals surface area (Å²) in [7, 11) is 0. The Morgan fingerprint density at radius 1 is 1.17 bits per heavy atom. The maximum Gasteiger partial charge on any atom is 0.335 e. The summed E-state index contributed by atoms with van der Waals surface area (Å²) in [5.41, 5.74) is -0.126. The van der Waals surface area contributed by atoms with Gasteiger partial charge in [-0.2, -0.15) is 5.10 Å². The van der Waals surface area contributed by atoms with Gasteiger partial charge in [0, 0.05) is 43.9 Å². The van der Waals surface area contributed by atoms with Gasteiger partial charge in [0.25, 0.3) is 5.91 Å². The van der Waals surface area contributed by atoms with E-state index in [4.69, 9.17) is 5.11 Å². The maximum absolute atomic E-state index is 12.5. The van der Waals surface area contributed by atoms with Crippen LogP contribution in [0.1, 0.15) is 28.8 Å². The standard InChI is InChI=1S/C17H19N3O4/c21-15(19-10-6-17(24,7-11-19)16(22)23)14-4-2-13(3-5-14)12-20-9-1-8-18-20/h1-5,8-9,24H,6-7,10-12H2,(H,22,23). The van der Waals surface area contributed by atoms with Gasteiger partial charge in [-0.25, -0.2) is 4.79 Å². The second-order valence-electron chi connectivity index (χ2n) is 6.03. The molecular formula is C17H19N3O4. The molecule has 1 aliphatic rings. The number of carbonyl (C=O) groups is 2. The van der Waals surface area contributed by atoms with E-state index >= 15 is 0 Å². The predicted octanol–water partition coefficient (Wildman–Crippen LogP) is 0.983. The van der Waals surface area contributed by atoms with Crippen LogP contribution in [0, 0.1) is 0 Å². The highest BCUT2D eigenvalue weighted by Crippen LogP contribution is 2.23. The highest BCUT2D eigenvalue weighted by atomic mass is 16.4. The molecule has 7 heteroatoms. The van der Waals surface area contributed by atoms with E-state index in [1.54, 1.807) is 27.9 Å². The summed E-state index contributed by atoms with van der Waals surface area (Å²) in [5, 5.41) is 23.1. The molecule has 0 aliphatic carbocycles. The lowest BCUT2D eigenvalue weighted by atomic mass is 9.91. The van der Waals surface area contributed by atoms with Crippen LogP contribution in [-0.2, 0) is 11.3 Å². The minimum atomic E-state index is -1.72. The van der Waals surface area contributed by atoms with Crippen LogP contribution in [-0.4, -0.2) is 55.5 Å². The fourth-order valence-corrected chi connectivity index (χ4v) is 2.81.